The maximum atomic E-state index is 12.5. The monoisotopic (exact) mass is 346 g/mol. The molecule has 0 fully saturated rings. The van der Waals surface area contributed by atoms with E-state index in [1.165, 1.54) is 4.57 Å². The Morgan fingerprint density at radius 2 is 1.77 bits per heavy atom. The molecule has 1 aromatic heterocycles. The van der Waals surface area contributed by atoms with Crippen LogP contribution in [-0.4, -0.2) is 10.5 Å². The lowest BCUT2D eigenvalue weighted by molar-refractivity contribution is -0.122. The number of rotatable bonds is 4. The molecule has 4 aromatic rings. The van der Waals surface area contributed by atoms with E-state index in [1.807, 2.05) is 55.5 Å². The SMILES string of the molecule is CC(NC(=O)Cn1c(=O)oc2ccccc21)c1cccc2ccccc12. The first-order chi connectivity index (χ1) is 12.6. The summed E-state index contributed by atoms with van der Waals surface area (Å²) in [4.78, 5) is 24.5. The standard InChI is InChI=1S/C21H18N2O3/c1-14(16-10-6-8-15-7-2-3-9-17(15)16)22-20(24)13-23-18-11-4-5-12-19(18)26-21(23)25/h2-12,14H,13H2,1H3,(H,22,24). The smallest absolute Gasteiger partial charge is 0.408 e. The summed E-state index contributed by atoms with van der Waals surface area (Å²) in [5.41, 5.74) is 2.14. The summed E-state index contributed by atoms with van der Waals surface area (Å²) in [6.45, 7) is 1.86. The normalized spacial score (nSPS) is 12.3. The summed E-state index contributed by atoms with van der Waals surface area (Å²) in [7, 11) is 0. The number of carbonyl (C=O) groups is 1. The average molecular weight is 346 g/mol. The zero-order valence-electron chi connectivity index (χ0n) is 14.3. The summed E-state index contributed by atoms with van der Waals surface area (Å²) in [5, 5.41) is 5.21. The number of carbonyl (C=O) groups excluding carboxylic acids is 1. The molecule has 0 aliphatic heterocycles. The average Bonchev–Trinajstić information content (AvgIpc) is 2.96. The Balaban J connectivity index is 1.58. The van der Waals surface area contributed by atoms with Crippen LogP contribution in [0.25, 0.3) is 21.9 Å². The third-order valence-corrected chi connectivity index (χ3v) is 4.54. The van der Waals surface area contributed by atoms with Crippen LogP contribution in [0.4, 0.5) is 0 Å². The zero-order chi connectivity index (χ0) is 18.1. The number of hydrogen-bond acceptors (Lipinski definition) is 3. The van der Waals surface area contributed by atoms with Gasteiger partial charge in [-0.2, -0.15) is 0 Å². The van der Waals surface area contributed by atoms with Crippen molar-refractivity contribution in [1.82, 2.24) is 9.88 Å². The lowest BCUT2D eigenvalue weighted by Gasteiger charge is -2.16. The van der Waals surface area contributed by atoms with Crippen LogP contribution in [-0.2, 0) is 11.3 Å². The van der Waals surface area contributed by atoms with E-state index in [4.69, 9.17) is 4.42 Å². The van der Waals surface area contributed by atoms with Gasteiger partial charge in [0, 0.05) is 0 Å². The van der Waals surface area contributed by atoms with Crippen molar-refractivity contribution >= 4 is 27.8 Å². The van der Waals surface area contributed by atoms with Crippen molar-refractivity contribution in [3.63, 3.8) is 0 Å². The second-order valence-electron chi connectivity index (χ2n) is 6.28. The van der Waals surface area contributed by atoms with Gasteiger partial charge in [-0.05, 0) is 35.4 Å². The van der Waals surface area contributed by atoms with Crippen molar-refractivity contribution in [2.75, 3.05) is 0 Å². The summed E-state index contributed by atoms with van der Waals surface area (Å²) >= 11 is 0. The molecule has 5 heteroatoms. The van der Waals surface area contributed by atoms with Gasteiger partial charge in [0.05, 0.1) is 11.6 Å². The molecule has 4 rings (SSSR count). The van der Waals surface area contributed by atoms with E-state index in [1.54, 1.807) is 18.2 Å². The zero-order valence-corrected chi connectivity index (χ0v) is 14.3. The number of oxazole rings is 1. The van der Waals surface area contributed by atoms with Crippen molar-refractivity contribution in [2.24, 2.45) is 0 Å². The van der Waals surface area contributed by atoms with Gasteiger partial charge in [-0.1, -0.05) is 54.6 Å². The molecule has 130 valence electrons. The molecule has 1 amide bonds. The third-order valence-electron chi connectivity index (χ3n) is 4.54. The Kier molecular flexibility index (Phi) is 4.05. The van der Waals surface area contributed by atoms with Gasteiger partial charge in [-0.25, -0.2) is 4.79 Å². The van der Waals surface area contributed by atoms with Gasteiger partial charge >= 0.3 is 5.76 Å². The second kappa shape index (κ2) is 6.52. The topological polar surface area (TPSA) is 64.2 Å². The van der Waals surface area contributed by atoms with E-state index in [0.29, 0.717) is 11.1 Å². The van der Waals surface area contributed by atoms with E-state index in [9.17, 15) is 9.59 Å². The first-order valence-corrected chi connectivity index (χ1v) is 8.49. The molecule has 0 radical (unpaired) electrons. The highest BCUT2D eigenvalue weighted by atomic mass is 16.4. The lowest BCUT2D eigenvalue weighted by Crippen LogP contribution is -2.32. The number of fused-ring (bicyclic) bond motifs is 2. The highest BCUT2D eigenvalue weighted by Crippen LogP contribution is 2.24. The highest BCUT2D eigenvalue weighted by Gasteiger charge is 2.15. The molecule has 0 aliphatic rings. The molecule has 0 saturated heterocycles. The Labute approximate surface area is 149 Å². The van der Waals surface area contributed by atoms with E-state index in [2.05, 4.69) is 5.32 Å². The van der Waals surface area contributed by atoms with Crippen molar-refractivity contribution in [3.05, 3.63) is 82.8 Å². The van der Waals surface area contributed by atoms with Gasteiger partial charge in [-0.3, -0.25) is 9.36 Å². The van der Waals surface area contributed by atoms with Gasteiger partial charge < -0.3 is 9.73 Å². The third kappa shape index (κ3) is 2.88. The summed E-state index contributed by atoms with van der Waals surface area (Å²) in [6.07, 6.45) is 0. The molecule has 0 aliphatic carbocycles. The molecule has 1 atom stereocenters. The fourth-order valence-electron chi connectivity index (χ4n) is 3.30. The number of amides is 1. The van der Waals surface area contributed by atoms with Crippen LogP contribution < -0.4 is 11.1 Å². The van der Waals surface area contributed by atoms with Crippen molar-refractivity contribution in [1.29, 1.82) is 0 Å². The quantitative estimate of drug-likeness (QED) is 0.614. The van der Waals surface area contributed by atoms with Crippen LogP contribution in [0.15, 0.2) is 75.9 Å². The van der Waals surface area contributed by atoms with Gasteiger partial charge in [-0.15, -0.1) is 0 Å². The van der Waals surface area contributed by atoms with Crippen LogP contribution >= 0.6 is 0 Å². The largest absolute Gasteiger partial charge is 0.420 e. The van der Waals surface area contributed by atoms with Gasteiger partial charge in [0.2, 0.25) is 5.91 Å². The molecule has 1 heterocycles. The maximum absolute atomic E-state index is 12.5. The van der Waals surface area contributed by atoms with Crippen LogP contribution in [0.1, 0.15) is 18.5 Å². The Bertz CT molecular complexity index is 1150. The van der Waals surface area contributed by atoms with E-state index in [0.717, 1.165) is 16.3 Å². The number of nitrogens with zero attached hydrogens (tertiary/aromatic N) is 1. The summed E-state index contributed by atoms with van der Waals surface area (Å²) in [5.74, 6) is -0.766. The Hall–Kier alpha value is -3.34. The molecule has 5 nitrogen and oxygen atoms in total. The van der Waals surface area contributed by atoms with Gasteiger partial charge in [0.25, 0.3) is 0 Å². The summed E-state index contributed by atoms with van der Waals surface area (Å²) < 4.78 is 6.52. The number of benzene rings is 3. The molecular formula is C21H18N2O3. The van der Waals surface area contributed by atoms with E-state index >= 15 is 0 Å². The van der Waals surface area contributed by atoms with E-state index < -0.39 is 5.76 Å². The van der Waals surface area contributed by atoms with Crippen LogP contribution in [0.3, 0.4) is 0 Å². The molecule has 0 saturated carbocycles. The van der Waals surface area contributed by atoms with Crippen molar-refractivity contribution < 1.29 is 9.21 Å². The predicted molar refractivity (Wildman–Crippen MR) is 101 cm³/mol. The van der Waals surface area contributed by atoms with Crippen LogP contribution in [0, 0.1) is 0 Å². The fraction of sp³-hybridized carbons (Fsp3) is 0.143. The Morgan fingerprint density at radius 3 is 2.65 bits per heavy atom. The van der Waals surface area contributed by atoms with Crippen molar-refractivity contribution in [2.45, 2.75) is 19.5 Å². The minimum Gasteiger partial charge on any atom is -0.408 e. The maximum Gasteiger partial charge on any atom is 0.420 e. The minimum atomic E-state index is -0.529. The van der Waals surface area contributed by atoms with E-state index in [-0.39, 0.29) is 18.5 Å². The van der Waals surface area contributed by atoms with Crippen LogP contribution in [0.2, 0.25) is 0 Å². The second-order valence-corrected chi connectivity index (χ2v) is 6.28. The minimum absolute atomic E-state index is 0.0784. The fourth-order valence-corrected chi connectivity index (χ4v) is 3.30. The molecule has 1 unspecified atom stereocenters. The van der Waals surface area contributed by atoms with Gasteiger partial charge in [0.15, 0.2) is 5.58 Å². The molecular weight excluding hydrogens is 328 g/mol. The molecule has 3 aromatic carbocycles. The highest BCUT2D eigenvalue weighted by molar-refractivity contribution is 5.87. The molecule has 0 spiro atoms. The number of para-hydroxylation sites is 2. The first-order valence-electron chi connectivity index (χ1n) is 8.49. The number of nitrogens with one attached hydrogen (secondary N) is 1. The van der Waals surface area contributed by atoms with Gasteiger partial charge in [0.1, 0.15) is 6.54 Å². The van der Waals surface area contributed by atoms with Crippen LogP contribution in [0.5, 0.6) is 0 Å². The first kappa shape index (κ1) is 16.1. The molecule has 0 bridgehead atoms. The number of aromatic nitrogens is 1. The van der Waals surface area contributed by atoms with Crippen molar-refractivity contribution in [3.8, 4) is 0 Å². The Morgan fingerprint density at radius 1 is 1.04 bits per heavy atom. The lowest BCUT2D eigenvalue weighted by atomic mass is 10.00. The number of hydrogen-bond donors (Lipinski definition) is 1. The summed E-state index contributed by atoms with van der Waals surface area (Å²) in [6, 6.07) is 21.0. The molecule has 26 heavy (non-hydrogen) atoms. The molecule has 1 N–H and O–H groups in total. The predicted octanol–water partition coefficient (Wildman–Crippen LogP) is 3.63.